The van der Waals surface area contributed by atoms with Crippen molar-refractivity contribution in [2.45, 2.75) is 20.3 Å². The van der Waals surface area contributed by atoms with Crippen molar-refractivity contribution >= 4 is 0 Å². The molecule has 0 unspecified atom stereocenters. The van der Waals surface area contributed by atoms with Gasteiger partial charge in [0.2, 0.25) is 0 Å². The van der Waals surface area contributed by atoms with E-state index in [9.17, 15) is 8.78 Å². The Hall–Kier alpha value is 0.506. The summed E-state index contributed by atoms with van der Waals surface area (Å²) >= 11 is 0. The average molecular weight is 217 g/mol. The number of alkyl halides is 2. The Kier molecular flexibility index (Phi) is 13.0. The molecule has 1 aromatic heterocycles. The van der Waals surface area contributed by atoms with Crippen LogP contribution in [0.15, 0.2) is 10.8 Å². The monoisotopic (exact) mass is 217 g/mol. The van der Waals surface area contributed by atoms with Gasteiger partial charge in [0, 0.05) is 12.0 Å². The predicted octanol–water partition coefficient (Wildman–Crippen LogP) is -0.851. The smallest absolute Gasteiger partial charge is 0.521 e. The molecule has 0 amide bonds. The first-order chi connectivity index (χ1) is 5.79. The van der Waals surface area contributed by atoms with Crippen LogP contribution >= 0.6 is 0 Å². The van der Waals surface area contributed by atoms with Gasteiger partial charge in [-0.2, -0.15) is 0 Å². The van der Waals surface area contributed by atoms with Gasteiger partial charge in [-0.15, -0.1) is 0 Å². The molecule has 0 atom stereocenters. The van der Waals surface area contributed by atoms with Crippen molar-refractivity contribution in [3.05, 3.63) is 12.5 Å². The zero-order chi connectivity index (χ0) is 9.40. The Bertz CT molecular complexity index is 183. The molecule has 3 nitrogen and oxygen atoms in total. The van der Waals surface area contributed by atoms with Crippen LogP contribution in [0.3, 0.4) is 0 Å². The van der Waals surface area contributed by atoms with E-state index in [0.29, 0.717) is 0 Å². The van der Waals surface area contributed by atoms with Gasteiger partial charge in [0.15, 0.2) is 0 Å². The van der Waals surface area contributed by atoms with E-state index in [-0.39, 0.29) is 57.1 Å². The van der Waals surface area contributed by atoms with Gasteiger partial charge in [0.25, 0.3) is 6.43 Å². The van der Waals surface area contributed by atoms with Crippen molar-refractivity contribution in [2.24, 2.45) is 0 Å². The summed E-state index contributed by atoms with van der Waals surface area (Å²) in [6, 6.07) is 0. The first kappa shape index (κ1) is 16.0. The van der Waals surface area contributed by atoms with Crippen LogP contribution in [0, 0.1) is 6.20 Å². The molecule has 13 heavy (non-hydrogen) atoms. The minimum atomic E-state index is -2.48. The van der Waals surface area contributed by atoms with Crippen molar-refractivity contribution in [2.75, 3.05) is 6.61 Å². The second-order valence-electron chi connectivity index (χ2n) is 1.49. The van der Waals surface area contributed by atoms with Crippen LogP contribution < -0.4 is 56.1 Å². The normalized spacial score (nSPS) is 8.38. The van der Waals surface area contributed by atoms with E-state index in [1.807, 2.05) is 13.8 Å². The molecular formula is C7H10F2KNO2. The Morgan fingerprint density at radius 1 is 1.62 bits per heavy atom. The van der Waals surface area contributed by atoms with Crippen LogP contribution in [0.4, 0.5) is 8.78 Å². The summed E-state index contributed by atoms with van der Waals surface area (Å²) in [5, 5.41) is 3.13. The molecule has 0 saturated carbocycles. The second-order valence-corrected chi connectivity index (χ2v) is 1.49. The van der Waals surface area contributed by atoms with Crippen LogP contribution in [0.25, 0.3) is 0 Å². The minimum Gasteiger partial charge on any atom is -0.521 e. The number of halogens is 2. The SMILES string of the molecule is CC.FC(F)COc1[c-]noc1.[K+]. The number of rotatable bonds is 3. The summed E-state index contributed by atoms with van der Waals surface area (Å²) in [7, 11) is 0. The Balaban J connectivity index is 0. The maximum Gasteiger partial charge on any atom is 1.00 e. The van der Waals surface area contributed by atoms with E-state index < -0.39 is 13.0 Å². The molecule has 70 valence electrons. The number of hydrogen-bond acceptors (Lipinski definition) is 3. The van der Waals surface area contributed by atoms with Gasteiger partial charge >= 0.3 is 51.4 Å². The summed E-state index contributed by atoms with van der Waals surface area (Å²) in [5.41, 5.74) is 0. The van der Waals surface area contributed by atoms with Crippen LogP contribution in [0.1, 0.15) is 13.8 Å². The summed E-state index contributed by atoms with van der Waals surface area (Å²) in [6.45, 7) is 3.34. The topological polar surface area (TPSA) is 35.3 Å². The Morgan fingerprint density at radius 2 is 2.23 bits per heavy atom. The molecule has 0 saturated heterocycles. The molecule has 1 heterocycles. The first-order valence-corrected chi connectivity index (χ1v) is 3.52. The number of aromatic nitrogens is 1. The maximum atomic E-state index is 11.4. The van der Waals surface area contributed by atoms with Gasteiger partial charge in [0.05, 0.1) is 0 Å². The number of hydrogen-bond donors (Lipinski definition) is 0. The zero-order valence-electron chi connectivity index (χ0n) is 7.88. The van der Waals surface area contributed by atoms with Gasteiger partial charge in [-0.05, 0) is 0 Å². The molecule has 6 heteroatoms. The van der Waals surface area contributed by atoms with Crippen LogP contribution in [0.5, 0.6) is 5.75 Å². The third-order valence-corrected chi connectivity index (χ3v) is 0.733. The van der Waals surface area contributed by atoms with E-state index in [2.05, 4.69) is 20.6 Å². The van der Waals surface area contributed by atoms with Gasteiger partial charge < -0.3 is 9.26 Å². The largest absolute Gasteiger partial charge is 1.00 e. The summed E-state index contributed by atoms with van der Waals surface area (Å²) in [4.78, 5) is 0. The number of ether oxygens (including phenoxy) is 1. The summed E-state index contributed by atoms with van der Waals surface area (Å²) < 4.78 is 31.6. The van der Waals surface area contributed by atoms with E-state index >= 15 is 0 Å². The Morgan fingerprint density at radius 3 is 2.62 bits per heavy atom. The van der Waals surface area contributed by atoms with Crippen LogP contribution in [-0.4, -0.2) is 18.2 Å². The summed E-state index contributed by atoms with van der Waals surface area (Å²) in [5.74, 6) is 0.0975. The van der Waals surface area contributed by atoms with Crippen LogP contribution in [-0.2, 0) is 0 Å². The third kappa shape index (κ3) is 8.83. The average Bonchev–Trinajstić information content (AvgIpc) is 2.56. The van der Waals surface area contributed by atoms with Crippen LogP contribution in [0.2, 0.25) is 0 Å². The van der Waals surface area contributed by atoms with Gasteiger partial charge in [0.1, 0.15) is 6.61 Å². The van der Waals surface area contributed by atoms with E-state index in [1.165, 1.54) is 0 Å². The molecular weight excluding hydrogens is 207 g/mol. The molecule has 0 radical (unpaired) electrons. The summed E-state index contributed by atoms with van der Waals surface area (Å²) in [6.07, 6.45) is 0.837. The minimum absolute atomic E-state index is 0. The fourth-order valence-corrected chi connectivity index (χ4v) is 0.391. The maximum absolute atomic E-state index is 11.4. The Labute approximate surface area is 118 Å². The molecule has 0 aliphatic rings. The first-order valence-electron chi connectivity index (χ1n) is 3.52. The molecule has 0 spiro atoms. The molecule has 1 aromatic rings. The molecule has 0 N–H and O–H groups in total. The van der Waals surface area contributed by atoms with Crippen molar-refractivity contribution < 1.29 is 69.4 Å². The molecule has 0 bridgehead atoms. The van der Waals surface area contributed by atoms with Gasteiger partial charge in [-0.1, -0.05) is 20.0 Å². The van der Waals surface area contributed by atoms with Crippen molar-refractivity contribution in [1.82, 2.24) is 5.16 Å². The fraction of sp³-hybridized carbons (Fsp3) is 0.571. The van der Waals surface area contributed by atoms with E-state index in [1.54, 1.807) is 0 Å². The van der Waals surface area contributed by atoms with Crippen molar-refractivity contribution in [1.29, 1.82) is 0 Å². The van der Waals surface area contributed by atoms with Crippen molar-refractivity contribution in [3.63, 3.8) is 0 Å². The third-order valence-electron chi connectivity index (χ3n) is 0.733. The predicted molar refractivity (Wildman–Crippen MR) is 38.2 cm³/mol. The van der Waals surface area contributed by atoms with E-state index in [4.69, 9.17) is 0 Å². The van der Waals surface area contributed by atoms with Crippen molar-refractivity contribution in [3.8, 4) is 5.75 Å². The molecule has 0 aliphatic carbocycles. The number of nitrogens with zero attached hydrogens (tertiary/aromatic N) is 1. The zero-order valence-corrected chi connectivity index (χ0v) is 11.0. The molecule has 0 fully saturated rings. The second kappa shape index (κ2) is 10.6. The standard InChI is InChI=1S/C5H4F2NO2.C2H6.K/c6-5(7)3-9-4-1-8-10-2-4;1-2;/h2,5H,3H2;1-2H3;/q-1;;+1. The molecule has 0 aromatic carbocycles. The molecule has 0 aliphatic heterocycles. The fourth-order valence-electron chi connectivity index (χ4n) is 0.391. The van der Waals surface area contributed by atoms with E-state index in [0.717, 1.165) is 6.26 Å². The van der Waals surface area contributed by atoms with Gasteiger partial charge in [-0.3, -0.25) is 0 Å². The van der Waals surface area contributed by atoms with Gasteiger partial charge in [-0.25, -0.2) is 13.9 Å². The quantitative estimate of drug-likeness (QED) is 0.488. The molecule has 1 rings (SSSR count).